The first-order chi connectivity index (χ1) is 14.6. The van der Waals surface area contributed by atoms with Crippen molar-refractivity contribution in [2.45, 2.75) is 39.4 Å². The number of hydrogen-bond acceptors (Lipinski definition) is 7. The van der Waals surface area contributed by atoms with E-state index >= 15 is 0 Å². The number of nitrogens with zero attached hydrogens (tertiary/aromatic N) is 5. The number of aryl methyl sites for hydroxylation is 1. The number of anilines is 1. The fourth-order valence-electron chi connectivity index (χ4n) is 3.25. The molecule has 3 aromatic rings. The molecule has 0 fully saturated rings. The van der Waals surface area contributed by atoms with E-state index in [-0.39, 0.29) is 29.3 Å². The third-order valence-corrected chi connectivity index (χ3v) is 6.62. The van der Waals surface area contributed by atoms with Crippen LogP contribution < -0.4 is 11.4 Å². The zero-order valence-electron chi connectivity index (χ0n) is 18.0. The lowest BCUT2D eigenvalue weighted by molar-refractivity contribution is 0.205. The van der Waals surface area contributed by atoms with Crippen molar-refractivity contribution in [2.75, 3.05) is 24.6 Å². The minimum absolute atomic E-state index is 0.00376. The minimum Gasteiger partial charge on any atom is -0.382 e. The predicted molar refractivity (Wildman–Crippen MR) is 118 cm³/mol. The van der Waals surface area contributed by atoms with Crippen molar-refractivity contribution in [3.63, 3.8) is 0 Å². The van der Waals surface area contributed by atoms with Gasteiger partial charge in [-0.3, -0.25) is 4.57 Å². The molecular formula is C20H26N6O4S. The van der Waals surface area contributed by atoms with Crippen molar-refractivity contribution in [1.29, 1.82) is 0 Å². The summed E-state index contributed by atoms with van der Waals surface area (Å²) in [6.07, 6.45) is 0. The fourth-order valence-corrected chi connectivity index (χ4v) is 3.97. The summed E-state index contributed by atoms with van der Waals surface area (Å²) in [5.74, 6) is -0.462. The van der Waals surface area contributed by atoms with Crippen molar-refractivity contribution >= 4 is 32.9 Å². The SMILES string of the molecule is CCN(CC)C(=O)n1c(=O)n(Cc2ccc(C)cc2)c2nc(S(=O)(=O)CC)nc(N)c21. The summed E-state index contributed by atoms with van der Waals surface area (Å²) in [5, 5.41) is -0.468. The van der Waals surface area contributed by atoms with Crippen molar-refractivity contribution in [3.8, 4) is 0 Å². The van der Waals surface area contributed by atoms with E-state index in [1.807, 2.05) is 31.2 Å². The number of rotatable bonds is 6. The second-order valence-corrected chi connectivity index (χ2v) is 9.28. The van der Waals surface area contributed by atoms with E-state index in [1.165, 1.54) is 16.4 Å². The van der Waals surface area contributed by atoms with Crippen LogP contribution in [0.25, 0.3) is 11.2 Å². The Labute approximate surface area is 180 Å². The van der Waals surface area contributed by atoms with Gasteiger partial charge in [0.25, 0.3) is 5.16 Å². The van der Waals surface area contributed by atoms with Crippen molar-refractivity contribution in [2.24, 2.45) is 0 Å². The molecule has 0 atom stereocenters. The molecule has 2 N–H and O–H groups in total. The van der Waals surface area contributed by atoms with Crippen LogP contribution in [0.15, 0.2) is 34.2 Å². The molecule has 0 saturated heterocycles. The zero-order valence-corrected chi connectivity index (χ0v) is 18.8. The molecular weight excluding hydrogens is 420 g/mol. The summed E-state index contributed by atoms with van der Waals surface area (Å²) >= 11 is 0. The van der Waals surface area contributed by atoms with E-state index < -0.39 is 26.7 Å². The van der Waals surface area contributed by atoms with E-state index in [9.17, 15) is 18.0 Å². The molecule has 166 valence electrons. The first kappa shape index (κ1) is 22.5. The highest BCUT2D eigenvalue weighted by Gasteiger charge is 2.28. The van der Waals surface area contributed by atoms with Gasteiger partial charge in [0.15, 0.2) is 11.5 Å². The molecule has 0 aliphatic rings. The Hall–Kier alpha value is -3.21. The molecule has 0 aliphatic carbocycles. The fraction of sp³-hybridized carbons (Fsp3) is 0.400. The number of aromatic nitrogens is 4. The standard InChI is InChI=1S/C20H26N6O4S/c1-5-24(6-2)19(27)26-15-16(21)22-18(31(29,30)7-3)23-17(15)25(20(26)28)12-14-10-8-13(4)9-11-14/h8-11H,5-7,12H2,1-4H3,(H2,21,22,23). The molecule has 31 heavy (non-hydrogen) atoms. The Morgan fingerprint density at radius 3 is 2.26 bits per heavy atom. The van der Waals surface area contributed by atoms with Crippen LogP contribution in [0.2, 0.25) is 0 Å². The molecule has 0 aliphatic heterocycles. The van der Waals surface area contributed by atoms with Gasteiger partial charge in [-0.05, 0) is 26.3 Å². The van der Waals surface area contributed by atoms with Crippen LogP contribution in [-0.4, -0.2) is 57.3 Å². The van der Waals surface area contributed by atoms with Gasteiger partial charge in [0.05, 0.1) is 12.3 Å². The quantitative estimate of drug-likeness (QED) is 0.569. The molecule has 0 saturated carbocycles. The number of carbonyl (C=O) groups is 1. The molecule has 0 unspecified atom stereocenters. The average Bonchev–Trinajstić information content (AvgIpc) is 3.02. The van der Waals surface area contributed by atoms with Gasteiger partial charge in [0.2, 0.25) is 9.84 Å². The number of fused-ring (bicyclic) bond motifs is 1. The molecule has 3 rings (SSSR count). The number of benzene rings is 1. The van der Waals surface area contributed by atoms with Gasteiger partial charge in [-0.15, -0.1) is 0 Å². The van der Waals surface area contributed by atoms with Gasteiger partial charge >= 0.3 is 11.7 Å². The minimum atomic E-state index is -3.78. The molecule has 0 spiro atoms. The van der Waals surface area contributed by atoms with Gasteiger partial charge in [0.1, 0.15) is 5.52 Å². The average molecular weight is 447 g/mol. The number of nitrogens with two attached hydrogens (primary N) is 1. The maximum atomic E-state index is 13.3. The van der Waals surface area contributed by atoms with Gasteiger partial charge in [0, 0.05) is 13.1 Å². The Balaban J connectivity index is 2.34. The maximum absolute atomic E-state index is 13.3. The van der Waals surface area contributed by atoms with Gasteiger partial charge < -0.3 is 10.6 Å². The van der Waals surface area contributed by atoms with Crippen molar-refractivity contribution < 1.29 is 13.2 Å². The summed E-state index contributed by atoms with van der Waals surface area (Å²) in [4.78, 5) is 35.9. The molecule has 0 radical (unpaired) electrons. The number of carbonyl (C=O) groups excluding carboxylic acids is 1. The van der Waals surface area contributed by atoms with Crippen LogP contribution in [0, 0.1) is 6.92 Å². The van der Waals surface area contributed by atoms with Crippen molar-refractivity contribution in [3.05, 3.63) is 45.9 Å². The Morgan fingerprint density at radius 1 is 1.10 bits per heavy atom. The second kappa shape index (κ2) is 8.50. The topological polar surface area (TPSA) is 133 Å². The second-order valence-electron chi connectivity index (χ2n) is 7.11. The lowest BCUT2D eigenvalue weighted by atomic mass is 10.1. The third kappa shape index (κ3) is 4.05. The summed E-state index contributed by atoms with van der Waals surface area (Å²) in [7, 11) is -3.78. The molecule has 11 heteroatoms. The van der Waals surface area contributed by atoms with Gasteiger partial charge in [-0.25, -0.2) is 22.6 Å². The first-order valence-corrected chi connectivity index (χ1v) is 11.7. The van der Waals surface area contributed by atoms with Crippen LogP contribution in [-0.2, 0) is 16.4 Å². The van der Waals surface area contributed by atoms with E-state index in [0.29, 0.717) is 13.1 Å². The summed E-state index contributed by atoms with van der Waals surface area (Å²) in [6, 6.07) is 6.94. The first-order valence-electron chi connectivity index (χ1n) is 10.0. The smallest absolute Gasteiger partial charge is 0.339 e. The molecule has 1 amide bonds. The third-order valence-electron chi connectivity index (χ3n) is 5.12. The van der Waals surface area contributed by atoms with Crippen LogP contribution in [0.4, 0.5) is 10.6 Å². The normalized spacial score (nSPS) is 11.7. The molecule has 0 bridgehead atoms. The summed E-state index contributed by atoms with van der Waals surface area (Å²) in [5.41, 5.74) is 7.27. The monoisotopic (exact) mass is 446 g/mol. The van der Waals surface area contributed by atoms with Crippen LogP contribution in [0.3, 0.4) is 0 Å². The number of sulfone groups is 1. The Bertz CT molecular complexity index is 1290. The summed E-state index contributed by atoms with van der Waals surface area (Å²) < 4.78 is 26.9. The predicted octanol–water partition coefficient (Wildman–Crippen LogP) is 1.64. The zero-order chi connectivity index (χ0) is 22.9. The molecule has 2 aromatic heterocycles. The van der Waals surface area contributed by atoms with Gasteiger partial charge in [-0.1, -0.05) is 36.8 Å². The highest BCUT2D eigenvalue weighted by Crippen LogP contribution is 2.21. The lowest BCUT2D eigenvalue weighted by Gasteiger charge is -2.18. The number of amides is 1. The molecule has 10 nitrogen and oxygen atoms in total. The molecule has 2 heterocycles. The summed E-state index contributed by atoms with van der Waals surface area (Å²) in [6.45, 7) is 7.86. The van der Waals surface area contributed by atoms with E-state index in [0.717, 1.165) is 15.7 Å². The van der Waals surface area contributed by atoms with Crippen molar-refractivity contribution in [1.82, 2.24) is 24.0 Å². The maximum Gasteiger partial charge on any atom is 0.339 e. The number of hydrogen-bond donors (Lipinski definition) is 1. The Morgan fingerprint density at radius 2 is 1.71 bits per heavy atom. The van der Waals surface area contributed by atoms with E-state index in [2.05, 4.69) is 9.97 Å². The number of imidazole rings is 1. The Kier molecular flexibility index (Phi) is 6.16. The number of nitrogen functional groups attached to an aromatic ring is 1. The largest absolute Gasteiger partial charge is 0.382 e. The highest BCUT2D eigenvalue weighted by atomic mass is 32.2. The van der Waals surface area contributed by atoms with Crippen LogP contribution >= 0.6 is 0 Å². The molecule has 1 aromatic carbocycles. The van der Waals surface area contributed by atoms with Gasteiger partial charge in [-0.2, -0.15) is 9.97 Å². The van der Waals surface area contributed by atoms with E-state index in [4.69, 9.17) is 5.73 Å². The van der Waals surface area contributed by atoms with Crippen LogP contribution in [0.5, 0.6) is 0 Å². The van der Waals surface area contributed by atoms with Crippen LogP contribution in [0.1, 0.15) is 31.9 Å². The lowest BCUT2D eigenvalue weighted by Crippen LogP contribution is -2.40. The van der Waals surface area contributed by atoms with E-state index in [1.54, 1.807) is 13.8 Å². The highest BCUT2D eigenvalue weighted by molar-refractivity contribution is 7.91.